The quantitative estimate of drug-likeness (QED) is 0.287. The molecule has 0 aromatic carbocycles. The molecule has 0 rings (SSSR count). The molecule has 0 aromatic heterocycles. The maximum absolute atomic E-state index is 11.5. The van der Waals surface area contributed by atoms with Crippen LogP contribution in [0.4, 0.5) is 0 Å². The second-order valence-electron chi connectivity index (χ2n) is 6.55. The van der Waals surface area contributed by atoms with Crippen LogP contribution in [0.1, 0.15) is 96.8 Å². The summed E-state index contributed by atoms with van der Waals surface area (Å²) in [7, 11) is 0. The van der Waals surface area contributed by atoms with Crippen molar-refractivity contribution in [2.75, 3.05) is 19.8 Å². The lowest BCUT2D eigenvalue weighted by Crippen LogP contribution is -2.07. The molecule has 0 amide bonds. The van der Waals surface area contributed by atoms with E-state index < -0.39 is 0 Å². The maximum atomic E-state index is 11.5. The number of rotatable bonds is 18. The van der Waals surface area contributed by atoms with Gasteiger partial charge in [0, 0.05) is 12.8 Å². The second kappa shape index (κ2) is 19.2. The molecule has 148 valence electrons. The van der Waals surface area contributed by atoms with Crippen molar-refractivity contribution in [3.63, 3.8) is 0 Å². The Morgan fingerprint density at radius 1 is 0.640 bits per heavy atom. The molecule has 5 nitrogen and oxygen atoms in total. The third-order valence-corrected chi connectivity index (χ3v) is 4.13. The van der Waals surface area contributed by atoms with Crippen LogP contribution in [-0.4, -0.2) is 36.9 Å². The van der Waals surface area contributed by atoms with Gasteiger partial charge < -0.3 is 14.6 Å². The molecule has 0 unspecified atom stereocenters. The smallest absolute Gasteiger partial charge is 0.305 e. The highest BCUT2D eigenvalue weighted by molar-refractivity contribution is 5.69. The Balaban J connectivity index is 3.20. The minimum absolute atomic E-state index is 0.0513. The molecule has 0 radical (unpaired) electrons. The fraction of sp³-hybridized carbons (Fsp3) is 0.900. The summed E-state index contributed by atoms with van der Waals surface area (Å²) in [6, 6.07) is 0. The van der Waals surface area contributed by atoms with Gasteiger partial charge in [-0.3, -0.25) is 9.59 Å². The standard InChI is InChI=1S/C20H38O5/c1-2-3-4-13-17-24-19(22)14-11-9-7-5-6-8-10-12-15-20(23)25-18-16-21/h21H,2-18H2,1H3. The summed E-state index contributed by atoms with van der Waals surface area (Å²) in [6.45, 7) is 2.74. The van der Waals surface area contributed by atoms with Crippen molar-refractivity contribution in [2.45, 2.75) is 96.8 Å². The zero-order chi connectivity index (χ0) is 18.6. The summed E-state index contributed by atoms with van der Waals surface area (Å²) in [4.78, 5) is 22.7. The highest BCUT2D eigenvalue weighted by atomic mass is 16.5. The number of hydrogen-bond acceptors (Lipinski definition) is 5. The van der Waals surface area contributed by atoms with Gasteiger partial charge in [-0.1, -0.05) is 64.7 Å². The fourth-order valence-electron chi connectivity index (χ4n) is 2.62. The molecular formula is C20H38O5. The van der Waals surface area contributed by atoms with Crippen LogP contribution in [-0.2, 0) is 19.1 Å². The van der Waals surface area contributed by atoms with Crippen molar-refractivity contribution in [1.29, 1.82) is 0 Å². The number of hydrogen-bond donors (Lipinski definition) is 1. The van der Waals surface area contributed by atoms with Gasteiger partial charge in [0.2, 0.25) is 0 Å². The molecule has 0 aliphatic carbocycles. The van der Waals surface area contributed by atoms with Crippen LogP contribution in [0.3, 0.4) is 0 Å². The van der Waals surface area contributed by atoms with Crippen LogP contribution in [0.15, 0.2) is 0 Å². The number of esters is 2. The first kappa shape index (κ1) is 23.9. The topological polar surface area (TPSA) is 72.8 Å². The molecule has 0 spiro atoms. The summed E-state index contributed by atoms with van der Waals surface area (Å²) >= 11 is 0. The molecule has 25 heavy (non-hydrogen) atoms. The average Bonchev–Trinajstić information content (AvgIpc) is 2.61. The third kappa shape index (κ3) is 19.1. The molecule has 1 N–H and O–H groups in total. The molecule has 0 aliphatic rings. The first-order chi connectivity index (χ1) is 12.2. The van der Waals surface area contributed by atoms with Gasteiger partial charge in [-0.05, 0) is 19.3 Å². The zero-order valence-electron chi connectivity index (χ0n) is 16.1. The Labute approximate surface area is 153 Å². The Hall–Kier alpha value is -1.10. The van der Waals surface area contributed by atoms with Crippen LogP contribution in [0, 0.1) is 0 Å². The molecule has 0 aromatic rings. The first-order valence-corrected chi connectivity index (χ1v) is 10.1. The number of ether oxygens (including phenoxy) is 2. The molecule has 0 fully saturated rings. The number of aliphatic hydroxyl groups excluding tert-OH is 1. The summed E-state index contributed by atoms with van der Waals surface area (Å²) in [5.41, 5.74) is 0. The Morgan fingerprint density at radius 3 is 1.56 bits per heavy atom. The molecular weight excluding hydrogens is 320 g/mol. The van der Waals surface area contributed by atoms with E-state index in [0.29, 0.717) is 19.4 Å². The van der Waals surface area contributed by atoms with Gasteiger partial charge in [0.1, 0.15) is 6.61 Å². The molecule has 0 saturated carbocycles. The van der Waals surface area contributed by atoms with Crippen LogP contribution >= 0.6 is 0 Å². The minimum atomic E-state index is -0.216. The lowest BCUT2D eigenvalue weighted by molar-refractivity contribution is -0.145. The van der Waals surface area contributed by atoms with E-state index in [0.717, 1.165) is 51.4 Å². The molecule has 0 saturated heterocycles. The number of unbranched alkanes of at least 4 members (excludes halogenated alkanes) is 10. The highest BCUT2D eigenvalue weighted by Gasteiger charge is 2.03. The third-order valence-electron chi connectivity index (χ3n) is 4.13. The van der Waals surface area contributed by atoms with Crippen LogP contribution < -0.4 is 0 Å². The Kier molecular flexibility index (Phi) is 18.4. The van der Waals surface area contributed by atoms with Crippen molar-refractivity contribution >= 4 is 11.9 Å². The Morgan fingerprint density at radius 2 is 1.08 bits per heavy atom. The van der Waals surface area contributed by atoms with Crippen LogP contribution in [0.5, 0.6) is 0 Å². The molecule has 5 heteroatoms. The van der Waals surface area contributed by atoms with Gasteiger partial charge in [0.15, 0.2) is 0 Å². The Bertz CT molecular complexity index is 317. The molecule has 0 bridgehead atoms. The predicted molar refractivity (Wildman–Crippen MR) is 99.3 cm³/mol. The average molecular weight is 359 g/mol. The van der Waals surface area contributed by atoms with E-state index in [1.54, 1.807) is 0 Å². The maximum Gasteiger partial charge on any atom is 0.305 e. The van der Waals surface area contributed by atoms with Gasteiger partial charge in [-0.2, -0.15) is 0 Å². The highest BCUT2D eigenvalue weighted by Crippen LogP contribution is 2.11. The van der Waals surface area contributed by atoms with Crippen molar-refractivity contribution in [2.24, 2.45) is 0 Å². The first-order valence-electron chi connectivity index (χ1n) is 10.1. The summed E-state index contributed by atoms with van der Waals surface area (Å²) in [5, 5.41) is 8.54. The SMILES string of the molecule is CCCCCCOC(=O)CCCCCCCCCCC(=O)OCCO. The lowest BCUT2D eigenvalue weighted by atomic mass is 10.1. The van der Waals surface area contributed by atoms with Gasteiger partial charge in [0.05, 0.1) is 13.2 Å². The molecule has 0 heterocycles. The second-order valence-corrected chi connectivity index (χ2v) is 6.55. The van der Waals surface area contributed by atoms with Crippen molar-refractivity contribution in [3.8, 4) is 0 Å². The molecule has 0 aliphatic heterocycles. The van der Waals surface area contributed by atoms with E-state index in [9.17, 15) is 9.59 Å². The minimum Gasteiger partial charge on any atom is -0.466 e. The van der Waals surface area contributed by atoms with Gasteiger partial charge >= 0.3 is 11.9 Å². The zero-order valence-corrected chi connectivity index (χ0v) is 16.1. The number of carbonyl (C=O) groups excluding carboxylic acids is 2. The van der Waals surface area contributed by atoms with Gasteiger partial charge in [-0.15, -0.1) is 0 Å². The van der Waals surface area contributed by atoms with Crippen molar-refractivity contribution in [3.05, 3.63) is 0 Å². The fourth-order valence-corrected chi connectivity index (χ4v) is 2.62. The van der Waals surface area contributed by atoms with E-state index in [1.807, 2.05) is 0 Å². The summed E-state index contributed by atoms with van der Waals surface area (Å²) < 4.78 is 10.0. The van der Waals surface area contributed by atoms with E-state index in [2.05, 4.69) is 6.92 Å². The van der Waals surface area contributed by atoms with Crippen LogP contribution in [0.2, 0.25) is 0 Å². The van der Waals surface area contributed by atoms with Crippen molar-refractivity contribution < 1.29 is 24.2 Å². The van der Waals surface area contributed by atoms with E-state index in [4.69, 9.17) is 14.6 Å². The molecule has 0 atom stereocenters. The normalized spacial score (nSPS) is 10.6. The lowest BCUT2D eigenvalue weighted by Gasteiger charge is -2.05. The summed E-state index contributed by atoms with van der Waals surface area (Å²) in [6.07, 6.45) is 14.1. The monoisotopic (exact) mass is 358 g/mol. The predicted octanol–water partition coefficient (Wildman–Crippen LogP) is 4.55. The summed E-state index contributed by atoms with van der Waals surface area (Å²) in [5.74, 6) is -0.268. The van der Waals surface area contributed by atoms with Gasteiger partial charge in [-0.25, -0.2) is 0 Å². The number of aliphatic hydroxyl groups is 1. The van der Waals surface area contributed by atoms with E-state index in [-0.39, 0.29) is 25.2 Å². The van der Waals surface area contributed by atoms with Gasteiger partial charge in [0.25, 0.3) is 0 Å². The van der Waals surface area contributed by atoms with Crippen LogP contribution in [0.25, 0.3) is 0 Å². The number of carbonyl (C=O) groups is 2. The largest absolute Gasteiger partial charge is 0.466 e. The van der Waals surface area contributed by atoms with E-state index in [1.165, 1.54) is 25.7 Å². The van der Waals surface area contributed by atoms with Crippen molar-refractivity contribution in [1.82, 2.24) is 0 Å². The van der Waals surface area contributed by atoms with E-state index >= 15 is 0 Å².